The summed E-state index contributed by atoms with van der Waals surface area (Å²) in [6, 6.07) is 6.41. The van der Waals surface area contributed by atoms with Gasteiger partial charge in [0.2, 0.25) is 0 Å². The fourth-order valence-electron chi connectivity index (χ4n) is 3.10. The van der Waals surface area contributed by atoms with Gasteiger partial charge in [0, 0.05) is 56.9 Å². The Hall–Kier alpha value is -2.12. The number of piperazine rings is 1. The lowest BCUT2D eigenvalue weighted by Crippen LogP contribution is -2.52. The van der Waals surface area contributed by atoms with Gasteiger partial charge >= 0.3 is 0 Å². The van der Waals surface area contributed by atoms with E-state index in [-0.39, 0.29) is 5.82 Å². The van der Waals surface area contributed by atoms with E-state index in [1.54, 1.807) is 12.3 Å². The van der Waals surface area contributed by atoms with Gasteiger partial charge in [0.25, 0.3) is 0 Å². The highest BCUT2D eigenvalue weighted by Gasteiger charge is 2.20. The van der Waals surface area contributed by atoms with Crippen molar-refractivity contribution in [1.29, 1.82) is 0 Å². The Kier molecular flexibility index (Phi) is 7.06. The van der Waals surface area contributed by atoms with Gasteiger partial charge in [-0.25, -0.2) is 4.39 Å². The molecule has 1 N–H and O–H groups in total. The molecule has 1 aromatic heterocycles. The van der Waals surface area contributed by atoms with Crippen molar-refractivity contribution in [1.82, 2.24) is 20.3 Å². The summed E-state index contributed by atoms with van der Waals surface area (Å²) in [7, 11) is 0. The summed E-state index contributed by atoms with van der Waals surface area (Å²) in [5.41, 5.74) is 1.87. The summed E-state index contributed by atoms with van der Waals surface area (Å²) in [6.45, 7) is 7.99. The number of rotatable bonds is 6. The third-order valence-electron chi connectivity index (χ3n) is 4.54. The zero-order valence-electron chi connectivity index (χ0n) is 15.5. The Labute approximate surface area is 164 Å². The molecular weight excluding hydrogens is 369 g/mol. The largest absolute Gasteiger partial charge is 0.364 e. The van der Waals surface area contributed by atoms with Gasteiger partial charge in [0.05, 0.1) is 5.69 Å². The highest BCUT2D eigenvalue weighted by Crippen LogP contribution is 2.17. The van der Waals surface area contributed by atoms with E-state index in [0.29, 0.717) is 18.0 Å². The maximum atomic E-state index is 13.2. The van der Waals surface area contributed by atoms with Gasteiger partial charge in [0.15, 0.2) is 5.96 Å². The highest BCUT2D eigenvalue weighted by molar-refractivity contribution is 6.31. The van der Waals surface area contributed by atoms with Crippen LogP contribution in [0.2, 0.25) is 5.02 Å². The first kappa shape index (κ1) is 19.6. The van der Waals surface area contributed by atoms with Crippen molar-refractivity contribution >= 4 is 17.6 Å². The number of aromatic nitrogens is 1. The van der Waals surface area contributed by atoms with Gasteiger partial charge in [0.1, 0.15) is 12.1 Å². The number of halogens is 2. The van der Waals surface area contributed by atoms with Crippen LogP contribution in [-0.2, 0) is 13.0 Å². The number of benzene rings is 1. The Morgan fingerprint density at radius 3 is 2.78 bits per heavy atom. The van der Waals surface area contributed by atoms with Crippen LogP contribution in [0.15, 0.2) is 40.0 Å². The number of aliphatic imine (C=N–C) groups is 1. The number of hydrogen-bond acceptors (Lipinski definition) is 4. The Bertz CT molecular complexity index is 745. The average molecular weight is 394 g/mol. The van der Waals surface area contributed by atoms with E-state index in [1.807, 2.05) is 6.07 Å². The minimum Gasteiger partial charge on any atom is -0.364 e. The molecular formula is C19H25ClFN5O. The molecule has 0 aliphatic carbocycles. The van der Waals surface area contributed by atoms with Crippen LogP contribution in [0, 0.1) is 5.82 Å². The summed E-state index contributed by atoms with van der Waals surface area (Å²) < 4.78 is 18.0. The third-order valence-corrected chi connectivity index (χ3v) is 4.89. The molecule has 0 spiro atoms. The maximum absolute atomic E-state index is 13.2. The van der Waals surface area contributed by atoms with Gasteiger partial charge in [-0.3, -0.25) is 9.89 Å². The average Bonchev–Trinajstić information content (AvgIpc) is 3.16. The molecule has 2 heterocycles. The van der Waals surface area contributed by atoms with Crippen molar-refractivity contribution in [3.8, 4) is 0 Å². The van der Waals surface area contributed by atoms with Gasteiger partial charge < -0.3 is 14.7 Å². The first-order valence-corrected chi connectivity index (χ1v) is 9.62. The van der Waals surface area contributed by atoms with E-state index < -0.39 is 0 Å². The quantitative estimate of drug-likeness (QED) is 0.604. The minimum atomic E-state index is -0.316. The van der Waals surface area contributed by atoms with Crippen LogP contribution in [0.25, 0.3) is 0 Å². The second-order valence-electron chi connectivity index (χ2n) is 6.48. The molecule has 0 unspecified atom stereocenters. The van der Waals surface area contributed by atoms with E-state index in [4.69, 9.17) is 21.1 Å². The van der Waals surface area contributed by atoms with Crippen molar-refractivity contribution < 1.29 is 8.91 Å². The van der Waals surface area contributed by atoms with Crippen LogP contribution in [0.3, 0.4) is 0 Å². The van der Waals surface area contributed by atoms with Crippen LogP contribution in [0.5, 0.6) is 0 Å². The van der Waals surface area contributed by atoms with Gasteiger partial charge in [-0.1, -0.05) is 22.8 Å². The summed E-state index contributed by atoms with van der Waals surface area (Å²) in [4.78, 5) is 9.36. The minimum absolute atomic E-state index is 0.316. The van der Waals surface area contributed by atoms with Crippen LogP contribution in [-0.4, -0.2) is 60.2 Å². The molecule has 3 rings (SSSR count). The number of nitrogens with zero attached hydrogens (tertiary/aromatic N) is 4. The van der Waals surface area contributed by atoms with Crippen molar-refractivity contribution in [3.05, 3.63) is 52.6 Å². The van der Waals surface area contributed by atoms with Crippen molar-refractivity contribution in [3.63, 3.8) is 0 Å². The smallest absolute Gasteiger partial charge is 0.194 e. The molecule has 0 saturated carbocycles. The molecule has 27 heavy (non-hydrogen) atoms. The molecule has 2 aromatic rings. The van der Waals surface area contributed by atoms with Crippen LogP contribution < -0.4 is 5.32 Å². The third kappa shape index (κ3) is 5.68. The van der Waals surface area contributed by atoms with Crippen LogP contribution >= 0.6 is 11.6 Å². The molecule has 1 fully saturated rings. The number of guanidine groups is 1. The van der Waals surface area contributed by atoms with Gasteiger partial charge in [-0.15, -0.1) is 0 Å². The molecule has 1 aliphatic rings. The van der Waals surface area contributed by atoms with Crippen LogP contribution in [0.1, 0.15) is 18.2 Å². The van der Waals surface area contributed by atoms with Crippen molar-refractivity contribution in [2.24, 2.45) is 4.99 Å². The predicted octanol–water partition coefficient (Wildman–Crippen LogP) is 2.79. The molecule has 6 nitrogen and oxygen atoms in total. The van der Waals surface area contributed by atoms with Crippen molar-refractivity contribution in [2.75, 3.05) is 39.3 Å². The summed E-state index contributed by atoms with van der Waals surface area (Å²) in [5.74, 6) is 0.598. The fraction of sp³-hybridized carbons (Fsp3) is 0.474. The summed E-state index contributed by atoms with van der Waals surface area (Å²) >= 11 is 6.10. The molecule has 0 radical (unpaired) electrons. The molecule has 1 saturated heterocycles. The standard InChI is InChI=1S/C19H25ClFN5O/c1-2-22-19(23-7-5-15-3-4-16(21)13-18(15)20)26-10-8-25(9-11-26)14-17-6-12-27-24-17/h3-4,6,12-13H,2,5,7-11,14H2,1H3,(H,22,23). The number of nitrogens with one attached hydrogen (secondary N) is 1. The molecule has 0 amide bonds. The molecule has 0 atom stereocenters. The second-order valence-corrected chi connectivity index (χ2v) is 6.88. The summed E-state index contributed by atoms with van der Waals surface area (Å²) in [6.07, 6.45) is 2.29. The topological polar surface area (TPSA) is 56.9 Å². The molecule has 1 aliphatic heterocycles. The first-order chi connectivity index (χ1) is 13.2. The van der Waals surface area contributed by atoms with E-state index in [0.717, 1.165) is 56.5 Å². The van der Waals surface area contributed by atoms with Gasteiger partial charge in [-0.05, 0) is 31.0 Å². The monoisotopic (exact) mass is 393 g/mol. The maximum Gasteiger partial charge on any atom is 0.194 e. The Morgan fingerprint density at radius 2 is 2.11 bits per heavy atom. The SMILES string of the molecule is CCNC(=NCCc1ccc(F)cc1Cl)N1CCN(Cc2ccon2)CC1. The lowest BCUT2D eigenvalue weighted by molar-refractivity contribution is 0.169. The Balaban J connectivity index is 1.53. The molecule has 146 valence electrons. The van der Waals surface area contributed by atoms with E-state index in [1.165, 1.54) is 12.1 Å². The Morgan fingerprint density at radius 1 is 1.30 bits per heavy atom. The van der Waals surface area contributed by atoms with Crippen molar-refractivity contribution in [2.45, 2.75) is 19.9 Å². The first-order valence-electron chi connectivity index (χ1n) is 9.24. The number of hydrogen-bond donors (Lipinski definition) is 1. The normalized spacial score (nSPS) is 16.0. The van der Waals surface area contributed by atoms with E-state index in [9.17, 15) is 4.39 Å². The zero-order valence-corrected chi connectivity index (χ0v) is 16.3. The molecule has 8 heteroatoms. The van der Waals surface area contributed by atoms with E-state index in [2.05, 4.69) is 27.2 Å². The predicted molar refractivity (Wildman–Crippen MR) is 104 cm³/mol. The zero-order chi connectivity index (χ0) is 19.1. The van der Waals surface area contributed by atoms with Gasteiger partial charge in [-0.2, -0.15) is 0 Å². The van der Waals surface area contributed by atoms with Crippen LogP contribution in [0.4, 0.5) is 4.39 Å². The van der Waals surface area contributed by atoms with E-state index >= 15 is 0 Å². The fourth-order valence-corrected chi connectivity index (χ4v) is 3.36. The lowest BCUT2D eigenvalue weighted by atomic mass is 10.1. The lowest BCUT2D eigenvalue weighted by Gasteiger charge is -2.36. The summed E-state index contributed by atoms with van der Waals surface area (Å²) in [5, 5.41) is 7.79. The molecule has 1 aromatic carbocycles. The highest BCUT2D eigenvalue weighted by atomic mass is 35.5. The second kappa shape index (κ2) is 9.71. The molecule has 0 bridgehead atoms.